The number of hydrogen-bond acceptors (Lipinski definition) is 2. The van der Waals surface area contributed by atoms with Gasteiger partial charge in [-0.3, -0.25) is 4.79 Å². The number of halogens is 1. The number of nitrogens with zero attached hydrogens (tertiary/aromatic N) is 1. The first kappa shape index (κ1) is 17.0. The number of ether oxygens (including phenoxy) is 1. The van der Waals surface area contributed by atoms with E-state index in [0.29, 0.717) is 5.91 Å². The van der Waals surface area contributed by atoms with Crippen LogP contribution in [-0.2, 0) is 9.53 Å². The number of amides is 1. The van der Waals surface area contributed by atoms with E-state index < -0.39 is 0 Å². The zero-order valence-corrected chi connectivity index (χ0v) is 15.4. The molecule has 1 aromatic rings. The summed E-state index contributed by atoms with van der Waals surface area (Å²) in [6.45, 7) is 1.61. The van der Waals surface area contributed by atoms with Crippen LogP contribution in [0.25, 0.3) is 5.57 Å². The highest BCUT2D eigenvalue weighted by atomic mass is 35.5. The molecule has 4 rings (SSSR count). The normalized spacial score (nSPS) is 27.2. The topological polar surface area (TPSA) is 29.5 Å². The van der Waals surface area contributed by atoms with E-state index in [1.54, 1.807) is 0 Å². The van der Waals surface area contributed by atoms with Crippen molar-refractivity contribution >= 4 is 23.1 Å². The van der Waals surface area contributed by atoms with E-state index in [9.17, 15) is 4.79 Å². The SMILES string of the molecule is O=C(C1CCCCC1)N1CCCC2(CC(c3cccc(Cl)c3)=CO2)C1. The maximum Gasteiger partial charge on any atom is 0.225 e. The predicted molar refractivity (Wildman–Crippen MR) is 100 cm³/mol. The second-order valence-corrected chi connectivity index (χ2v) is 8.27. The average molecular weight is 360 g/mol. The molecule has 0 aromatic heterocycles. The Balaban J connectivity index is 1.44. The standard InChI is InChI=1S/C21H26ClNO2/c22-19-9-4-8-17(12-19)18-13-21(25-14-18)10-5-11-23(15-21)20(24)16-6-2-1-3-7-16/h4,8-9,12,14,16H,1-3,5-7,10-11,13,15H2. The fourth-order valence-corrected chi connectivity index (χ4v) is 4.81. The molecule has 1 amide bonds. The van der Waals surface area contributed by atoms with Crippen LogP contribution in [0.15, 0.2) is 30.5 Å². The van der Waals surface area contributed by atoms with Gasteiger partial charge in [-0.1, -0.05) is 43.0 Å². The second-order valence-electron chi connectivity index (χ2n) is 7.83. The van der Waals surface area contributed by atoms with Gasteiger partial charge < -0.3 is 9.64 Å². The predicted octanol–water partition coefficient (Wildman–Crippen LogP) is 5.04. The molecule has 1 saturated carbocycles. The van der Waals surface area contributed by atoms with Crippen LogP contribution >= 0.6 is 11.6 Å². The molecule has 1 unspecified atom stereocenters. The summed E-state index contributed by atoms with van der Waals surface area (Å²) in [5, 5.41) is 0.747. The quantitative estimate of drug-likeness (QED) is 0.740. The zero-order valence-electron chi connectivity index (χ0n) is 14.7. The fraction of sp³-hybridized carbons (Fsp3) is 0.571. The first-order valence-electron chi connectivity index (χ1n) is 9.57. The van der Waals surface area contributed by atoms with Crippen LogP contribution in [-0.4, -0.2) is 29.5 Å². The number of carbonyl (C=O) groups excluding carboxylic acids is 1. The molecule has 2 aliphatic heterocycles. The lowest BCUT2D eigenvalue weighted by Crippen LogP contribution is -2.51. The minimum Gasteiger partial charge on any atom is -0.492 e. The Morgan fingerprint density at radius 1 is 1.20 bits per heavy atom. The minimum absolute atomic E-state index is 0.236. The van der Waals surface area contributed by atoms with Crippen LogP contribution in [0.3, 0.4) is 0 Å². The minimum atomic E-state index is -0.236. The Hall–Kier alpha value is -1.48. The van der Waals surface area contributed by atoms with Crippen LogP contribution in [0.5, 0.6) is 0 Å². The molecule has 2 heterocycles. The molecule has 4 heteroatoms. The van der Waals surface area contributed by atoms with Crippen LogP contribution in [0.4, 0.5) is 0 Å². The Morgan fingerprint density at radius 3 is 2.84 bits per heavy atom. The molecule has 25 heavy (non-hydrogen) atoms. The molecule has 1 aromatic carbocycles. The van der Waals surface area contributed by atoms with Gasteiger partial charge in [-0.25, -0.2) is 0 Å². The molecule has 0 radical (unpaired) electrons. The summed E-state index contributed by atoms with van der Waals surface area (Å²) in [7, 11) is 0. The Bertz CT molecular complexity index is 680. The van der Waals surface area contributed by atoms with E-state index in [1.807, 2.05) is 24.5 Å². The Morgan fingerprint density at radius 2 is 2.04 bits per heavy atom. The number of piperidine rings is 1. The lowest BCUT2D eigenvalue weighted by Gasteiger charge is -2.41. The molecular formula is C21H26ClNO2. The fourth-order valence-electron chi connectivity index (χ4n) is 4.62. The summed E-state index contributed by atoms with van der Waals surface area (Å²) in [6.07, 6.45) is 10.6. The Kier molecular flexibility index (Phi) is 4.77. The highest BCUT2D eigenvalue weighted by molar-refractivity contribution is 6.30. The van der Waals surface area contributed by atoms with Gasteiger partial charge in [0.2, 0.25) is 5.91 Å². The van der Waals surface area contributed by atoms with Crippen molar-refractivity contribution in [1.29, 1.82) is 0 Å². The van der Waals surface area contributed by atoms with Crippen LogP contribution in [0.1, 0.15) is 56.9 Å². The summed E-state index contributed by atoms with van der Waals surface area (Å²) < 4.78 is 6.16. The van der Waals surface area contributed by atoms with E-state index in [-0.39, 0.29) is 11.5 Å². The Labute approximate surface area is 155 Å². The average Bonchev–Trinajstić information content (AvgIpc) is 3.05. The highest BCUT2D eigenvalue weighted by Gasteiger charge is 2.43. The first-order chi connectivity index (χ1) is 12.2. The molecule has 0 bridgehead atoms. The summed E-state index contributed by atoms with van der Waals surface area (Å²) in [6, 6.07) is 7.93. The zero-order chi connectivity index (χ0) is 17.3. The van der Waals surface area contributed by atoms with Gasteiger partial charge in [0.25, 0.3) is 0 Å². The van der Waals surface area contributed by atoms with Crippen molar-refractivity contribution in [3.05, 3.63) is 41.1 Å². The van der Waals surface area contributed by atoms with Crippen molar-refractivity contribution < 1.29 is 9.53 Å². The number of carbonyl (C=O) groups is 1. The van der Waals surface area contributed by atoms with Gasteiger partial charge in [-0.15, -0.1) is 0 Å². The van der Waals surface area contributed by atoms with E-state index in [4.69, 9.17) is 16.3 Å². The largest absolute Gasteiger partial charge is 0.492 e. The molecule has 1 saturated heterocycles. The van der Waals surface area contributed by atoms with Gasteiger partial charge >= 0.3 is 0 Å². The van der Waals surface area contributed by atoms with E-state index in [2.05, 4.69) is 11.0 Å². The van der Waals surface area contributed by atoms with Gasteiger partial charge in [0.15, 0.2) is 0 Å². The molecule has 1 aliphatic carbocycles. The summed E-state index contributed by atoms with van der Waals surface area (Å²) in [5.41, 5.74) is 2.08. The van der Waals surface area contributed by atoms with Crippen LogP contribution < -0.4 is 0 Å². The van der Waals surface area contributed by atoms with Gasteiger partial charge in [-0.2, -0.15) is 0 Å². The van der Waals surface area contributed by atoms with E-state index in [0.717, 1.165) is 55.8 Å². The van der Waals surface area contributed by atoms with E-state index in [1.165, 1.54) is 24.8 Å². The maximum atomic E-state index is 12.9. The van der Waals surface area contributed by atoms with Crippen molar-refractivity contribution in [3.8, 4) is 0 Å². The lowest BCUT2D eigenvalue weighted by atomic mass is 9.84. The van der Waals surface area contributed by atoms with E-state index >= 15 is 0 Å². The van der Waals surface area contributed by atoms with Gasteiger partial charge in [0.05, 0.1) is 12.8 Å². The molecule has 3 nitrogen and oxygen atoms in total. The van der Waals surface area contributed by atoms with Crippen LogP contribution in [0.2, 0.25) is 5.02 Å². The molecule has 2 fully saturated rings. The number of hydrogen-bond donors (Lipinski definition) is 0. The lowest BCUT2D eigenvalue weighted by molar-refractivity contribution is -0.143. The van der Waals surface area contributed by atoms with Crippen molar-refractivity contribution in [2.75, 3.05) is 13.1 Å². The van der Waals surface area contributed by atoms with Crippen molar-refractivity contribution in [1.82, 2.24) is 4.90 Å². The van der Waals surface area contributed by atoms with Crippen LogP contribution in [0, 0.1) is 5.92 Å². The third-order valence-electron chi connectivity index (χ3n) is 5.96. The smallest absolute Gasteiger partial charge is 0.225 e. The molecule has 0 N–H and O–H groups in total. The number of likely N-dealkylation sites (tertiary alicyclic amines) is 1. The van der Waals surface area contributed by atoms with Crippen molar-refractivity contribution in [3.63, 3.8) is 0 Å². The summed E-state index contributed by atoms with van der Waals surface area (Å²) in [5.74, 6) is 0.601. The summed E-state index contributed by atoms with van der Waals surface area (Å²) >= 11 is 6.13. The molecule has 134 valence electrons. The molecular weight excluding hydrogens is 334 g/mol. The second kappa shape index (κ2) is 7.03. The highest BCUT2D eigenvalue weighted by Crippen LogP contribution is 2.41. The third kappa shape index (κ3) is 3.57. The molecule has 1 spiro atoms. The molecule has 1 atom stereocenters. The molecule has 3 aliphatic rings. The third-order valence-corrected chi connectivity index (χ3v) is 6.20. The van der Waals surface area contributed by atoms with Gasteiger partial charge in [-0.05, 0) is 49.0 Å². The summed E-state index contributed by atoms with van der Waals surface area (Å²) in [4.78, 5) is 15.0. The first-order valence-corrected chi connectivity index (χ1v) is 9.95. The van der Waals surface area contributed by atoms with Gasteiger partial charge in [0.1, 0.15) is 5.60 Å². The number of benzene rings is 1. The monoisotopic (exact) mass is 359 g/mol. The number of rotatable bonds is 2. The maximum absolute atomic E-state index is 12.9. The van der Waals surface area contributed by atoms with Crippen molar-refractivity contribution in [2.45, 2.75) is 57.0 Å². The van der Waals surface area contributed by atoms with Crippen molar-refractivity contribution in [2.24, 2.45) is 5.92 Å². The van der Waals surface area contributed by atoms with Gasteiger partial charge in [0, 0.05) is 23.9 Å².